The van der Waals surface area contributed by atoms with Crippen LogP contribution in [-0.2, 0) is 0 Å². The molecule has 3 aromatic heterocycles. The molecule has 0 atom stereocenters. The van der Waals surface area contributed by atoms with Crippen LogP contribution in [0.2, 0.25) is 0 Å². The van der Waals surface area contributed by atoms with Crippen LogP contribution in [0.5, 0.6) is 0 Å². The molecule has 0 radical (unpaired) electrons. The Balaban J connectivity index is 2.34. The number of carboxylic acids is 1. The van der Waals surface area contributed by atoms with Crippen molar-refractivity contribution in [2.45, 2.75) is 6.92 Å². The van der Waals surface area contributed by atoms with Gasteiger partial charge < -0.3 is 5.11 Å². The van der Waals surface area contributed by atoms with Crippen molar-refractivity contribution in [3.63, 3.8) is 0 Å². The van der Waals surface area contributed by atoms with Crippen molar-refractivity contribution in [1.82, 2.24) is 14.4 Å². The number of thiophene rings is 1. The monoisotopic (exact) mass is 259 g/mol. The highest BCUT2D eigenvalue weighted by Crippen LogP contribution is 2.28. The van der Waals surface area contributed by atoms with E-state index in [9.17, 15) is 4.79 Å². The molecule has 90 valence electrons. The Morgan fingerprint density at radius 1 is 1.50 bits per heavy atom. The molecule has 0 fully saturated rings. The van der Waals surface area contributed by atoms with E-state index in [0.717, 1.165) is 10.4 Å². The molecule has 3 heterocycles. The summed E-state index contributed by atoms with van der Waals surface area (Å²) < 4.78 is 1.71. The molecule has 0 bridgehead atoms. The average Bonchev–Trinajstić information content (AvgIpc) is 2.98. The molecular weight excluding hydrogens is 250 g/mol. The van der Waals surface area contributed by atoms with Gasteiger partial charge in [-0.1, -0.05) is 6.07 Å². The van der Waals surface area contributed by atoms with Gasteiger partial charge >= 0.3 is 5.97 Å². The maximum atomic E-state index is 11.0. The number of nitrogens with zero attached hydrogens (tertiary/aromatic N) is 3. The molecule has 0 unspecified atom stereocenters. The summed E-state index contributed by atoms with van der Waals surface area (Å²) in [5.74, 6) is -0.319. The van der Waals surface area contributed by atoms with Gasteiger partial charge in [-0.3, -0.25) is 4.40 Å². The Morgan fingerprint density at radius 2 is 2.33 bits per heavy atom. The number of carboxylic acid groups (broad SMARTS) is 1. The third-order valence-corrected chi connectivity index (χ3v) is 3.58. The van der Waals surface area contributed by atoms with E-state index < -0.39 is 5.97 Å². The van der Waals surface area contributed by atoms with Crippen molar-refractivity contribution in [1.29, 1.82) is 0 Å². The van der Waals surface area contributed by atoms with Gasteiger partial charge in [0.05, 0.1) is 5.56 Å². The second kappa shape index (κ2) is 3.92. The lowest BCUT2D eigenvalue weighted by Crippen LogP contribution is -1.95. The fourth-order valence-corrected chi connectivity index (χ4v) is 2.54. The molecule has 0 aromatic carbocycles. The molecule has 0 saturated carbocycles. The van der Waals surface area contributed by atoms with Crippen LogP contribution in [0.15, 0.2) is 29.9 Å². The van der Waals surface area contributed by atoms with E-state index in [4.69, 9.17) is 5.11 Å². The number of hydrogen-bond acceptors (Lipinski definition) is 4. The minimum atomic E-state index is -1.03. The Kier molecular flexibility index (Phi) is 2.38. The maximum absolute atomic E-state index is 11.0. The lowest BCUT2D eigenvalue weighted by atomic mass is 10.2. The first-order valence-electron chi connectivity index (χ1n) is 5.28. The second-order valence-corrected chi connectivity index (χ2v) is 4.77. The molecule has 0 spiro atoms. The first kappa shape index (κ1) is 10.9. The van der Waals surface area contributed by atoms with Crippen molar-refractivity contribution in [2.24, 2.45) is 0 Å². The summed E-state index contributed by atoms with van der Waals surface area (Å²) in [6.45, 7) is 1.82. The minimum absolute atomic E-state index is 0.0314. The summed E-state index contributed by atoms with van der Waals surface area (Å²) in [6, 6.07) is 3.91. The van der Waals surface area contributed by atoms with Gasteiger partial charge in [-0.15, -0.1) is 11.3 Å². The molecule has 18 heavy (non-hydrogen) atoms. The summed E-state index contributed by atoms with van der Waals surface area (Å²) in [7, 11) is 0. The molecule has 6 heteroatoms. The quantitative estimate of drug-likeness (QED) is 0.767. The maximum Gasteiger partial charge on any atom is 0.356 e. The largest absolute Gasteiger partial charge is 0.476 e. The zero-order valence-corrected chi connectivity index (χ0v) is 10.3. The molecule has 1 N–H and O–H groups in total. The van der Waals surface area contributed by atoms with Crippen molar-refractivity contribution < 1.29 is 9.90 Å². The zero-order valence-electron chi connectivity index (χ0n) is 9.49. The predicted molar refractivity (Wildman–Crippen MR) is 68.0 cm³/mol. The lowest BCUT2D eigenvalue weighted by Gasteiger charge is -2.02. The van der Waals surface area contributed by atoms with Crippen LogP contribution in [0, 0.1) is 6.92 Å². The van der Waals surface area contributed by atoms with E-state index in [0.29, 0.717) is 11.5 Å². The molecular formula is C12H9N3O2S. The fraction of sp³-hybridized carbons (Fsp3) is 0.0833. The van der Waals surface area contributed by atoms with Crippen LogP contribution in [0.3, 0.4) is 0 Å². The van der Waals surface area contributed by atoms with Crippen molar-refractivity contribution >= 4 is 23.0 Å². The number of aryl methyl sites for hydroxylation is 1. The number of carbonyl (C=O) groups is 1. The van der Waals surface area contributed by atoms with Crippen LogP contribution in [0.4, 0.5) is 0 Å². The van der Waals surface area contributed by atoms with Crippen LogP contribution in [0.25, 0.3) is 16.1 Å². The molecule has 5 nitrogen and oxygen atoms in total. The third-order valence-electron chi connectivity index (χ3n) is 2.68. The topological polar surface area (TPSA) is 67.5 Å². The third kappa shape index (κ3) is 1.58. The van der Waals surface area contributed by atoms with Crippen molar-refractivity contribution in [3.05, 3.63) is 41.4 Å². The van der Waals surface area contributed by atoms with Crippen molar-refractivity contribution in [2.75, 3.05) is 0 Å². The fourth-order valence-electron chi connectivity index (χ4n) is 1.80. The van der Waals surface area contributed by atoms with E-state index in [1.54, 1.807) is 21.9 Å². The van der Waals surface area contributed by atoms with E-state index in [1.165, 1.54) is 6.20 Å². The van der Waals surface area contributed by atoms with Gasteiger partial charge in [0, 0.05) is 17.3 Å². The van der Waals surface area contributed by atoms with E-state index in [-0.39, 0.29) is 5.69 Å². The van der Waals surface area contributed by atoms with Gasteiger partial charge in [0.25, 0.3) is 0 Å². The number of imidazole rings is 1. The Labute approximate surface area is 106 Å². The highest BCUT2D eigenvalue weighted by Gasteiger charge is 2.14. The van der Waals surface area contributed by atoms with E-state index in [2.05, 4.69) is 9.97 Å². The number of aromatic nitrogens is 3. The number of hydrogen-bond donors (Lipinski definition) is 1. The first-order chi connectivity index (χ1) is 8.66. The minimum Gasteiger partial charge on any atom is -0.476 e. The second-order valence-electron chi connectivity index (χ2n) is 3.82. The van der Waals surface area contributed by atoms with Gasteiger partial charge in [-0.2, -0.15) is 0 Å². The van der Waals surface area contributed by atoms with E-state index in [1.807, 2.05) is 24.4 Å². The smallest absolute Gasteiger partial charge is 0.356 e. The van der Waals surface area contributed by atoms with Gasteiger partial charge in [0.1, 0.15) is 11.5 Å². The Morgan fingerprint density at radius 3 is 3.00 bits per heavy atom. The van der Waals surface area contributed by atoms with Crippen LogP contribution >= 0.6 is 11.3 Å². The summed E-state index contributed by atoms with van der Waals surface area (Å²) in [5, 5.41) is 11.0. The van der Waals surface area contributed by atoms with Crippen molar-refractivity contribution in [3.8, 4) is 10.4 Å². The normalized spacial score (nSPS) is 10.9. The molecule has 3 rings (SSSR count). The molecule has 0 aliphatic heterocycles. The average molecular weight is 259 g/mol. The number of fused-ring (bicyclic) bond motifs is 1. The Bertz CT molecular complexity index is 731. The SMILES string of the molecule is Cc1ncc(-c2cccs2)c2nc(C(=O)O)cn12. The van der Waals surface area contributed by atoms with Gasteiger partial charge in [-0.05, 0) is 18.4 Å². The Hall–Kier alpha value is -2.21. The zero-order chi connectivity index (χ0) is 12.7. The summed E-state index contributed by atoms with van der Waals surface area (Å²) >= 11 is 1.57. The van der Waals surface area contributed by atoms with Crippen LogP contribution in [-0.4, -0.2) is 25.4 Å². The van der Waals surface area contributed by atoms with Crippen LogP contribution < -0.4 is 0 Å². The highest BCUT2D eigenvalue weighted by molar-refractivity contribution is 7.13. The summed E-state index contributed by atoms with van der Waals surface area (Å²) in [6.07, 6.45) is 3.23. The molecule has 3 aromatic rings. The molecule has 0 saturated heterocycles. The molecule has 0 amide bonds. The van der Waals surface area contributed by atoms with Crippen LogP contribution in [0.1, 0.15) is 16.3 Å². The standard InChI is InChI=1S/C12H9N3O2S/c1-7-13-5-8(10-3-2-4-18-10)11-14-9(12(16)17)6-15(7)11/h2-6H,1H3,(H,16,17). The molecule has 0 aliphatic rings. The molecule has 0 aliphatic carbocycles. The first-order valence-corrected chi connectivity index (χ1v) is 6.16. The summed E-state index contributed by atoms with van der Waals surface area (Å²) in [4.78, 5) is 20.4. The van der Waals surface area contributed by atoms with E-state index >= 15 is 0 Å². The lowest BCUT2D eigenvalue weighted by molar-refractivity contribution is 0.0691. The van der Waals surface area contributed by atoms with Gasteiger partial charge in [0.15, 0.2) is 5.69 Å². The number of aromatic carboxylic acids is 1. The van der Waals surface area contributed by atoms with Gasteiger partial charge in [0.2, 0.25) is 0 Å². The summed E-state index contributed by atoms with van der Waals surface area (Å²) in [5.41, 5.74) is 1.51. The number of rotatable bonds is 2. The van der Waals surface area contributed by atoms with Gasteiger partial charge in [-0.25, -0.2) is 14.8 Å². The highest BCUT2D eigenvalue weighted by atomic mass is 32.1. The predicted octanol–water partition coefficient (Wildman–Crippen LogP) is 2.46.